The van der Waals surface area contributed by atoms with Crippen LogP contribution in [-0.4, -0.2) is 67.6 Å². The van der Waals surface area contributed by atoms with E-state index in [0.717, 1.165) is 13.8 Å². The van der Waals surface area contributed by atoms with Crippen LogP contribution < -0.4 is 15.3 Å². The molecule has 0 spiro atoms. The van der Waals surface area contributed by atoms with Crippen molar-refractivity contribution in [2.75, 3.05) is 5.73 Å². The van der Waals surface area contributed by atoms with Crippen LogP contribution in [0.25, 0.3) is 5.52 Å². The molecule has 3 N–H and O–H groups in total. The highest BCUT2D eigenvalue weighted by atomic mass is 31.2. The standard InChI is InChI=1S/C29H33N6O10P/c1-16(25(38)43-27(4,5)6)34-46(39,44-19-10-8-7-9-11-19)45-26-28(14-30)29(26,41-18(3)37)23(40-17(2)36)22(42-28)20-12-13-21-24(31)32-15-33-35(20)21/h7-13,15-16,22-23,26H,1-6H3,(H,34,39)(H2,31,32,33)/t16-,22-,23-,26?,28+,29+,46?/m0/s1. The molecule has 2 aromatic heterocycles. The van der Waals surface area contributed by atoms with Gasteiger partial charge in [-0.3, -0.25) is 18.9 Å². The summed E-state index contributed by atoms with van der Waals surface area (Å²) in [6.45, 7) is 8.57. The van der Waals surface area contributed by atoms with Crippen LogP contribution in [0.5, 0.6) is 5.75 Å². The van der Waals surface area contributed by atoms with Crippen LogP contribution in [0, 0.1) is 11.3 Å². The van der Waals surface area contributed by atoms with Crippen molar-refractivity contribution in [1.82, 2.24) is 19.7 Å². The van der Waals surface area contributed by atoms with E-state index in [9.17, 15) is 24.2 Å². The second-order valence-corrected chi connectivity index (χ2v) is 13.4. The van der Waals surface area contributed by atoms with Gasteiger partial charge in [0.2, 0.25) is 11.2 Å². The molecule has 0 amide bonds. The number of ether oxygens (including phenoxy) is 4. The number of rotatable bonds is 10. The number of anilines is 1. The number of carbonyl (C=O) groups is 3. The van der Waals surface area contributed by atoms with Gasteiger partial charge in [-0.2, -0.15) is 15.4 Å². The molecule has 3 heterocycles. The molecule has 1 aromatic carbocycles. The van der Waals surface area contributed by atoms with E-state index in [0.29, 0.717) is 5.52 Å². The molecule has 2 aliphatic rings. The Morgan fingerprint density at radius 1 is 1.15 bits per heavy atom. The number of esters is 3. The van der Waals surface area contributed by atoms with Crippen LogP contribution in [0.2, 0.25) is 0 Å². The van der Waals surface area contributed by atoms with Crippen molar-refractivity contribution in [2.45, 2.75) is 82.7 Å². The molecule has 3 aromatic rings. The third-order valence-corrected chi connectivity index (χ3v) is 8.81. The van der Waals surface area contributed by atoms with Gasteiger partial charge in [-0.1, -0.05) is 18.2 Å². The summed E-state index contributed by atoms with van der Waals surface area (Å²) >= 11 is 0. The Hall–Kier alpha value is -4.55. The monoisotopic (exact) mass is 656 g/mol. The molecule has 244 valence electrons. The zero-order valence-electron chi connectivity index (χ0n) is 25.8. The fraction of sp³-hybridized carbons (Fsp3) is 0.448. The minimum atomic E-state index is -4.65. The van der Waals surface area contributed by atoms with Gasteiger partial charge in [0.25, 0.3) is 0 Å². The van der Waals surface area contributed by atoms with Crippen molar-refractivity contribution < 1.29 is 46.9 Å². The molecule has 0 bridgehead atoms. The number of nitriles is 1. The zero-order chi connectivity index (χ0) is 33.7. The smallest absolute Gasteiger partial charge is 0.459 e. The topological polar surface area (TPSA) is 216 Å². The molecule has 1 aliphatic heterocycles. The fourth-order valence-corrected chi connectivity index (χ4v) is 7.13. The summed E-state index contributed by atoms with van der Waals surface area (Å²) in [5, 5.41) is 17.3. The van der Waals surface area contributed by atoms with E-state index in [1.807, 2.05) is 6.07 Å². The molecule has 1 saturated heterocycles. The Kier molecular flexibility index (Phi) is 8.33. The summed E-state index contributed by atoms with van der Waals surface area (Å²) in [6, 6.07) is 11.8. The van der Waals surface area contributed by atoms with Crippen molar-refractivity contribution in [1.29, 1.82) is 5.26 Å². The SMILES string of the molecule is CC(=O)O[C@H]1[C@H](c2ccc3c(N)ncnn23)O[C@]2(C#N)C(OP(=O)(N[C@@H](C)C(=O)OC(C)(C)C)Oc3ccccc3)[C@]12OC(C)=O. The largest absolute Gasteiger partial charge is 0.460 e. The van der Waals surface area contributed by atoms with Gasteiger partial charge in [0.15, 0.2) is 18.0 Å². The van der Waals surface area contributed by atoms with E-state index in [2.05, 4.69) is 15.2 Å². The van der Waals surface area contributed by atoms with Crippen molar-refractivity contribution in [3.8, 4) is 11.8 Å². The van der Waals surface area contributed by atoms with Crippen LogP contribution in [0.1, 0.15) is 53.3 Å². The number of carbonyl (C=O) groups excluding carboxylic acids is 3. The van der Waals surface area contributed by atoms with Gasteiger partial charge in [-0.15, -0.1) is 0 Å². The quantitative estimate of drug-likeness (QED) is 0.182. The zero-order valence-corrected chi connectivity index (χ0v) is 26.7. The molecule has 16 nitrogen and oxygen atoms in total. The van der Waals surface area contributed by atoms with Gasteiger partial charge in [0.1, 0.15) is 41.4 Å². The number of hydrogen-bond donors (Lipinski definition) is 2. The summed E-state index contributed by atoms with van der Waals surface area (Å²) in [4.78, 5) is 41.8. The molecule has 1 aliphatic carbocycles. The molecular weight excluding hydrogens is 623 g/mol. The number of nitrogens with zero attached hydrogens (tertiary/aromatic N) is 4. The van der Waals surface area contributed by atoms with Crippen LogP contribution in [0.15, 0.2) is 48.8 Å². The average Bonchev–Trinajstić information content (AvgIpc) is 3.21. The first kappa shape index (κ1) is 32.8. The summed E-state index contributed by atoms with van der Waals surface area (Å²) in [5.74, 6) is -2.24. The second kappa shape index (κ2) is 11.7. The van der Waals surface area contributed by atoms with E-state index < -0.39 is 66.8 Å². The van der Waals surface area contributed by atoms with Crippen molar-refractivity contribution in [3.05, 3.63) is 54.5 Å². The molecule has 2 fully saturated rings. The Balaban J connectivity index is 1.57. The van der Waals surface area contributed by atoms with Crippen LogP contribution in [-0.2, 0) is 42.4 Å². The van der Waals surface area contributed by atoms with E-state index in [1.165, 1.54) is 29.9 Å². The number of nitrogen functional groups attached to an aromatic ring is 1. The first-order chi connectivity index (χ1) is 21.6. The van der Waals surface area contributed by atoms with E-state index >= 15 is 0 Å². The highest BCUT2D eigenvalue weighted by Crippen LogP contribution is 2.70. The van der Waals surface area contributed by atoms with E-state index in [-0.39, 0.29) is 17.3 Å². The minimum absolute atomic E-state index is 0.0836. The highest BCUT2D eigenvalue weighted by molar-refractivity contribution is 7.52. The highest BCUT2D eigenvalue weighted by Gasteiger charge is 2.95. The molecule has 2 unspecified atom stereocenters. The normalized spacial score (nSPS) is 27.0. The number of aromatic nitrogens is 3. The molecule has 0 radical (unpaired) electrons. The predicted octanol–water partition coefficient (Wildman–Crippen LogP) is 2.78. The fourth-order valence-electron chi connectivity index (χ4n) is 5.41. The molecule has 5 rings (SSSR count). The van der Waals surface area contributed by atoms with Gasteiger partial charge in [-0.25, -0.2) is 14.1 Å². The third kappa shape index (κ3) is 5.78. The van der Waals surface area contributed by atoms with Gasteiger partial charge >= 0.3 is 25.7 Å². The summed E-state index contributed by atoms with van der Waals surface area (Å²) in [6.07, 6.45) is -3.21. The summed E-state index contributed by atoms with van der Waals surface area (Å²) < 4.78 is 50.6. The summed E-state index contributed by atoms with van der Waals surface area (Å²) in [5.41, 5.74) is 1.49. The van der Waals surface area contributed by atoms with Crippen LogP contribution >= 0.6 is 7.75 Å². The van der Waals surface area contributed by atoms with Crippen molar-refractivity contribution in [2.24, 2.45) is 0 Å². The molecule has 17 heteroatoms. The third-order valence-electron chi connectivity index (χ3n) is 7.17. The van der Waals surface area contributed by atoms with Crippen LogP contribution in [0.3, 0.4) is 0 Å². The number of para-hydroxylation sites is 1. The maximum Gasteiger partial charge on any atom is 0.460 e. The Morgan fingerprint density at radius 2 is 1.85 bits per heavy atom. The average molecular weight is 657 g/mol. The van der Waals surface area contributed by atoms with E-state index in [4.69, 9.17) is 33.7 Å². The number of benzene rings is 1. The molecule has 1 saturated carbocycles. The van der Waals surface area contributed by atoms with Gasteiger partial charge in [0, 0.05) is 13.8 Å². The van der Waals surface area contributed by atoms with Gasteiger partial charge in [0.05, 0.1) is 5.69 Å². The van der Waals surface area contributed by atoms with Gasteiger partial charge in [-0.05, 0) is 52.0 Å². The van der Waals surface area contributed by atoms with Gasteiger partial charge < -0.3 is 29.2 Å². The lowest BCUT2D eigenvalue weighted by atomic mass is 10.0. The second-order valence-electron chi connectivity index (χ2n) is 11.8. The Bertz CT molecular complexity index is 1770. The lowest BCUT2D eigenvalue weighted by molar-refractivity contribution is -0.174. The number of nitrogens with two attached hydrogens (primary N) is 1. The Morgan fingerprint density at radius 3 is 2.46 bits per heavy atom. The van der Waals surface area contributed by atoms with Crippen LogP contribution in [0.4, 0.5) is 5.82 Å². The maximum absolute atomic E-state index is 14.5. The molecule has 46 heavy (non-hydrogen) atoms. The minimum Gasteiger partial charge on any atom is -0.459 e. The van der Waals surface area contributed by atoms with E-state index in [1.54, 1.807) is 51.1 Å². The summed E-state index contributed by atoms with van der Waals surface area (Å²) in [7, 11) is -4.65. The first-order valence-corrected chi connectivity index (χ1v) is 15.7. The molecular formula is C29H33N6O10P. The number of fused-ring (bicyclic) bond motifs is 2. The molecule has 7 atom stereocenters. The first-order valence-electron chi connectivity index (χ1n) is 14.1. The van der Waals surface area contributed by atoms with Crippen molar-refractivity contribution >= 4 is 37.0 Å². The number of nitrogens with one attached hydrogen (secondary N) is 1. The number of hydrogen-bond acceptors (Lipinski definition) is 14. The maximum atomic E-state index is 14.5. The Labute approximate surface area is 263 Å². The lowest BCUT2D eigenvalue weighted by Gasteiger charge is -2.30. The lowest BCUT2D eigenvalue weighted by Crippen LogP contribution is -2.43. The predicted molar refractivity (Wildman–Crippen MR) is 158 cm³/mol. The van der Waals surface area contributed by atoms with Crippen molar-refractivity contribution in [3.63, 3.8) is 0 Å².